The van der Waals surface area contributed by atoms with Crippen LogP contribution in [0.1, 0.15) is 79.2 Å². The van der Waals surface area contributed by atoms with E-state index >= 15 is 0 Å². The second kappa shape index (κ2) is 17.9. The van der Waals surface area contributed by atoms with Crippen LogP contribution in [0.3, 0.4) is 0 Å². The average molecular weight is 871 g/mol. The maximum atomic E-state index is 2.51. The van der Waals surface area contributed by atoms with Crippen LogP contribution in [0, 0.1) is 10.8 Å². The number of fused-ring (bicyclic) bond motifs is 3. The van der Waals surface area contributed by atoms with Gasteiger partial charge in [-0.2, -0.15) is 0 Å². The predicted molar refractivity (Wildman–Crippen MR) is 289 cm³/mol. The smallest absolute Gasteiger partial charge is 0.0538 e. The minimum absolute atomic E-state index is 0.179. The third kappa shape index (κ3) is 9.19. The second-order valence-electron chi connectivity index (χ2n) is 21.0. The summed E-state index contributed by atoms with van der Waals surface area (Å²) in [5, 5.41) is 2.56. The first kappa shape index (κ1) is 43.7. The van der Waals surface area contributed by atoms with Gasteiger partial charge in [0.25, 0.3) is 0 Å². The normalized spacial score (nSPS) is 13.7. The molecule has 0 bridgehead atoms. The van der Waals surface area contributed by atoms with Crippen molar-refractivity contribution in [1.29, 1.82) is 0 Å². The SMILES string of the molecule is CC1=CC=C(n2c3ccc(-c4ccc(C(CC(C)(C)C)C(C)(C)C)cc4)cc3c3cc(-c4ccc(N(c5ccc(-c6ccccc6)cc5)c5ccc(-c6ccccc6)cc5)cc4)ccc32)CC1. The lowest BCUT2D eigenvalue weighted by Crippen LogP contribution is -2.23. The lowest BCUT2D eigenvalue weighted by atomic mass is 9.69. The molecule has 1 unspecified atom stereocenters. The first-order chi connectivity index (χ1) is 32.4. The first-order valence-corrected chi connectivity index (χ1v) is 24.1. The maximum Gasteiger partial charge on any atom is 0.0538 e. The summed E-state index contributed by atoms with van der Waals surface area (Å²) < 4.78 is 2.51. The average Bonchev–Trinajstić information content (AvgIpc) is 3.67. The van der Waals surface area contributed by atoms with Crippen LogP contribution in [-0.2, 0) is 0 Å². The molecule has 10 rings (SSSR count). The van der Waals surface area contributed by atoms with Crippen LogP contribution in [0.2, 0.25) is 0 Å². The zero-order valence-corrected chi connectivity index (χ0v) is 40.2. The summed E-state index contributed by atoms with van der Waals surface area (Å²) in [7, 11) is 0. The van der Waals surface area contributed by atoms with Gasteiger partial charge in [0.05, 0.1) is 11.0 Å². The summed E-state index contributed by atoms with van der Waals surface area (Å²) in [5.41, 5.74) is 20.2. The van der Waals surface area contributed by atoms with Crippen LogP contribution in [0.25, 0.3) is 72.0 Å². The highest BCUT2D eigenvalue weighted by atomic mass is 15.1. The summed E-state index contributed by atoms with van der Waals surface area (Å²) in [6, 6.07) is 71.8. The predicted octanol–water partition coefficient (Wildman–Crippen LogP) is 19.1. The van der Waals surface area contributed by atoms with Crippen molar-refractivity contribution in [2.75, 3.05) is 4.90 Å². The Bertz CT molecular complexity index is 3140. The molecule has 2 heteroatoms. The first-order valence-electron chi connectivity index (χ1n) is 24.1. The number of hydrogen-bond donors (Lipinski definition) is 0. The van der Waals surface area contributed by atoms with E-state index in [4.69, 9.17) is 0 Å². The number of aromatic nitrogens is 1. The summed E-state index contributed by atoms with van der Waals surface area (Å²) in [5.74, 6) is 0.483. The van der Waals surface area contributed by atoms with Gasteiger partial charge in [-0.15, -0.1) is 0 Å². The molecule has 67 heavy (non-hydrogen) atoms. The summed E-state index contributed by atoms with van der Waals surface area (Å²) in [4.78, 5) is 2.36. The molecule has 1 aliphatic rings. The van der Waals surface area contributed by atoms with E-state index in [1.54, 1.807) is 0 Å². The second-order valence-corrected chi connectivity index (χ2v) is 21.0. The van der Waals surface area contributed by atoms with E-state index in [1.165, 1.54) is 83.1 Å². The number of hydrogen-bond acceptors (Lipinski definition) is 1. The van der Waals surface area contributed by atoms with E-state index in [2.05, 4.69) is 264 Å². The molecule has 1 atom stereocenters. The van der Waals surface area contributed by atoms with E-state index in [1.807, 2.05) is 0 Å². The Kier molecular flexibility index (Phi) is 11.7. The van der Waals surface area contributed by atoms with E-state index < -0.39 is 0 Å². The highest BCUT2D eigenvalue weighted by Gasteiger charge is 2.30. The molecular formula is C65H62N2. The fourth-order valence-electron chi connectivity index (χ4n) is 10.2. The third-order valence-corrected chi connectivity index (χ3v) is 13.8. The van der Waals surface area contributed by atoms with Crippen molar-refractivity contribution in [1.82, 2.24) is 4.57 Å². The fraction of sp³-hybridized carbons (Fsp3) is 0.200. The summed E-state index contributed by atoms with van der Waals surface area (Å²) in [6.45, 7) is 16.5. The van der Waals surface area contributed by atoms with Gasteiger partial charge in [-0.05, 0) is 160 Å². The largest absolute Gasteiger partial charge is 0.313 e. The van der Waals surface area contributed by atoms with Crippen molar-refractivity contribution >= 4 is 44.6 Å². The van der Waals surface area contributed by atoms with Crippen LogP contribution in [0.4, 0.5) is 17.1 Å². The Labute approximate surface area is 398 Å². The molecule has 1 heterocycles. The lowest BCUT2D eigenvalue weighted by Gasteiger charge is -2.36. The number of anilines is 3. The topological polar surface area (TPSA) is 8.17 Å². The Morgan fingerprint density at radius 3 is 1.21 bits per heavy atom. The quantitative estimate of drug-likeness (QED) is 0.133. The van der Waals surface area contributed by atoms with Crippen molar-refractivity contribution in [3.05, 3.63) is 217 Å². The van der Waals surface area contributed by atoms with Crippen molar-refractivity contribution in [2.45, 2.75) is 73.6 Å². The Morgan fingerprint density at radius 2 is 0.821 bits per heavy atom. The zero-order chi connectivity index (χ0) is 46.3. The fourth-order valence-corrected chi connectivity index (χ4v) is 10.2. The van der Waals surface area contributed by atoms with Gasteiger partial charge < -0.3 is 9.47 Å². The molecule has 9 aromatic rings. The highest BCUT2D eigenvalue weighted by molar-refractivity contribution is 6.12. The van der Waals surface area contributed by atoms with Crippen LogP contribution in [0.5, 0.6) is 0 Å². The van der Waals surface area contributed by atoms with E-state index in [-0.39, 0.29) is 10.8 Å². The van der Waals surface area contributed by atoms with Gasteiger partial charge in [0.15, 0.2) is 0 Å². The van der Waals surface area contributed by atoms with Gasteiger partial charge in [-0.1, -0.05) is 187 Å². The maximum absolute atomic E-state index is 2.51. The molecule has 0 fully saturated rings. The molecule has 0 spiro atoms. The standard InChI is InChI=1S/C65H62N2/c1-45-18-32-58(33-19-45)67-62-40-30-53(50-20-22-52(23-21-50)61(65(5,6)7)44-64(2,3)4)42-59(62)60-43-54(31-41-63(60)67)51-28-38-57(39-29-51)66(55-34-24-48(25-35-55)46-14-10-8-11-15-46)56-36-26-49(27-37-56)47-16-12-9-13-17-47/h8-18,20-32,34-43,61H,19,33,44H2,1-7H3. The van der Waals surface area contributed by atoms with Gasteiger partial charge in [0.1, 0.15) is 0 Å². The Morgan fingerprint density at radius 1 is 0.433 bits per heavy atom. The van der Waals surface area contributed by atoms with Crippen LogP contribution < -0.4 is 4.90 Å². The van der Waals surface area contributed by atoms with Gasteiger partial charge in [-0.25, -0.2) is 0 Å². The van der Waals surface area contributed by atoms with Crippen LogP contribution in [0.15, 0.2) is 212 Å². The number of nitrogens with zero attached hydrogens (tertiary/aromatic N) is 2. The monoisotopic (exact) mass is 870 g/mol. The molecular weight excluding hydrogens is 809 g/mol. The third-order valence-electron chi connectivity index (χ3n) is 13.8. The minimum atomic E-state index is 0.179. The molecule has 2 nitrogen and oxygen atoms in total. The van der Waals surface area contributed by atoms with E-state index in [9.17, 15) is 0 Å². The van der Waals surface area contributed by atoms with Crippen molar-refractivity contribution in [2.24, 2.45) is 10.8 Å². The molecule has 0 saturated carbocycles. The van der Waals surface area contributed by atoms with Crippen molar-refractivity contribution in [3.63, 3.8) is 0 Å². The molecule has 0 amide bonds. The van der Waals surface area contributed by atoms with E-state index in [0.717, 1.165) is 36.3 Å². The summed E-state index contributed by atoms with van der Waals surface area (Å²) >= 11 is 0. The van der Waals surface area contributed by atoms with E-state index in [0.29, 0.717) is 5.92 Å². The number of allylic oxidation sites excluding steroid dienone is 4. The highest BCUT2D eigenvalue weighted by Crippen LogP contribution is 2.45. The summed E-state index contributed by atoms with van der Waals surface area (Å²) in [6.07, 6.45) is 7.89. The number of rotatable bonds is 10. The van der Waals surface area contributed by atoms with Gasteiger partial charge in [-0.3, -0.25) is 0 Å². The molecule has 0 saturated heterocycles. The van der Waals surface area contributed by atoms with Gasteiger partial charge >= 0.3 is 0 Å². The van der Waals surface area contributed by atoms with Crippen LogP contribution in [-0.4, -0.2) is 4.57 Å². The Hall–Kier alpha value is -7.16. The number of benzene rings is 8. The molecule has 0 aliphatic heterocycles. The molecule has 0 N–H and O–H groups in total. The molecule has 1 aliphatic carbocycles. The van der Waals surface area contributed by atoms with Gasteiger partial charge in [0, 0.05) is 33.5 Å². The minimum Gasteiger partial charge on any atom is -0.313 e. The van der Waals surface area contributed by atoms with Crippen molar-refractivity contribution in [3.8, 4) is 44.5 Å². The molecule has 8 aromatic carbocycles. The zero-order valence-electron chi connectivity index (χ0n) is 40.2. The molecule has 0 radical (unpaired) electrons. The van der Waals surface area contributed by atoms with Crippen molar-refractivity contribution < 1.29 is 0 Å². The lowest BCUT2D eigenvalue weighted by molar-refractivity contribution is 0.229. The Balaban J connectivity index is 1.03. The van der Waals surface area contributed by atoms with Gasteiger partial charge in [0.2, 0.25) is 0 Å². The molecule has 332 valence electrons. The van der Waals surface area contributed by atoms with Crippen LogP contribution >= 0.6 is 0 Å². The molecule has 1 aromatic heterocycles.